The van der Waals surface area contributed by atoms with Crippen molar-refractivity contribution in [1.82, 2.24) is 5.16 Å². The monoisotopic (exact) mass is 247 g/mol. The zero-order valence-electron chi connectivity index (χ0n) is 10.1. The summed E-state index contributed by atoms with van der Waals surface area (Å²) < 4.78 is 9.86. The molecule has 2 N–H and O–H groups in total. The highest BCUT2D eigenvalue weighted by atomic mass is 16.5. The Bertz CT molecular complexity index is 534. The van der Waals surface area contributed by atoms with Crippen LogP contribution in [0.1, 0.15) is 5.76 Å². The molecule has 1 heterocycles. The van der Waals surface area contributed by atoms with Gasteiger partial charge in [0.25, 0.3) is 0 Å². The van der Waals surface area contributed by atoms with Gasteiger partial charge < -0.3 is 14.6 Å². The molecule has 6 nitrogen and oxygen atoms in total. The number of benzene rings is 1. The molecule has 18 heavy (non-hydrogen) atoms. The van der Waals surface area contributed by atoms with Gasteiger partial charge in [0.2, 0.25) is 0 Å². The normalized spacial score (nSPS) is 9.89. The zero-order valence-corrected chi connectivity index (χ0v) is 10.1. The fraction of sp³-hybridized carbons (Fsp3) is 0.167. The van der Waals surface area contributed by atoms with E-state index in [0.29, 0.717) is 17.3 Å². The van der Waals surface area contributed by atoms with Gasteiger partial charge in [0, 0.05) is 11.8 Å². The Labute approximate surface area is 104 Å². The van der Waals surface area contributed by atoms with Crippen molar-refractivity contribution < 1.29 is 14.1 Å². The Morgan fingerprint density at radius 1 is 1.28 bits per heavy atom. The van der Waals surface area contributed by atoms with Gasteiger partial charge in [-0.2, -0.15) is 0 Å². The van der Waals surface area contributed by atoms with Crippen LogP contribution in [0.25, 0.3) is 0 Å². The standard InChI is InChI=1S/C12H13N3O3/c1-8-7-11(15-18-8)14-12(16)13-9-3-5-10(17-2)6-4-9/h3-7H,1-2H3,(H2,13,14,15,16). The summed E-state index contributed by atoms with van der Waals surface area (Å²) in [5.74, 6) is 1.74. The minimum atomic E-state index is -0.381. The van der Waals surface area contributed by atoms with Gasteiger partial charge in [-0.25, -0.2) is 4.79 Å². The molecule has 0 atom stereocenters. The van der Waals surface area contributed by atoms with Crippen LogP contribution in [0.3, 0.4) is 0 Å². The van der Waals surface area contributed by atoms with E-state index in [-0.39, 0.29) is 6.03 Å². The van der Waals surface area contributed by atoms with Crippen molar-refractivity contribution in [2.24, 2.45) is 0 Å². The molecule has 2 amide bonds. The number of carbonyl (C=O) groups is 1. The van der Waals surface area contributed by atoms with Crippen molar-refractivity contribution in [3.05, 3.63) is 36.1 Å². The van der Waals surface area contributed by atoms with Crippen LogP contribution in [-0.4, -0.2) is 18.3 Å². The lowest BCUT2D eigenvalue weighted by Crippen LogP contribution is -2.19. The van der Waals surface area contributed by atoms with Crippen LogP contribution >= 0.6 is 0 Å². The van der Waals surface area contributed by atoms with Crippen molar-refractivity contribution in [1.29, 1.82) is 0 Å². The predicted octanol–water partition coefficient (Wildman–Crippen LogP) is 2.64. The fourth-order valence-electron chi connectivity index (χ4n) is 1.38. The number of rotatable bonds is 3. The maximum atomic E-state index is 11.6. The number of urea groups is 1. The van der Waals surface area contributed by atoms with Gasteiger partial charge in [-0.1, -0.05) is 5.16 Å². The largest absolute Gasteiger partial charge is 0.497 e. The number of nitrogens with zero attached hydrogens (tertiary/aromatic N) is 1. The molecule has 0 fully saturated rings. The summed E-state index contributed by atoms with van der Waals surface area (Å²) in [5.41, 5.74) is 0.661. The SMILES string of the molecule is COc1ccc(NC(=O)Nc2cc(C)on2)cc1. The third-order valence-electron chi connectivity index (χ3n) is 2.22. The topological polar surface area (TPSA) is 76.4 Å². The number of hydrogen-bond acceptors (Lipinski definition) is 4. The highest BCUT2D eigenvalue weighted by molar-refractivity contribution is 5.99. The quantitative estimate of drug-likeness (QED) is 0.874. The summed E-state index contributed by atoms with van der Waals surface area (Å²) in [6.45, 7) is 1.75. The molecule has 0 unspecified atom stereocenters. The molecule has 0 aliphatic carbocycles. The van der Waals surface area contributed by atoms with Gasteiger partial charge in [-0.15, -0.1) is 0 Å². The third-order valence-corrected chi connectivity index (χ3v) is 2.22. The van der Waals surface area contributed by atoms with Crippen LogP contribution in [0, 0.1) is 6.92 Å². The minimum absolute atomic E-state index is 0.374. The van der Waals surface area contributed by atoms with E-state index in [0.717, 1.165) is 5.75 Å². The number of anilines is 2. The number of nitrogens with one attached hydrogen (secondary N) is 2. The van der Waals surface area contributed by atoms with Crippen LogP contribution in [0.15, 0.2) is 34.9 Å². The van der Waals surface area contributed by atoms with E-state index in [1.807, 2.05) is 0 Å². The van der Waals surface area contributed by atoms with E-state index < -0.39 is 0 Å². The van der Waals surface area contributed by atoms with Crippen molar-refractivity contribution >= 4 is 17.5 Å². The molecule has 0 spiro atoms. The summed E-state index contributed by atoms with van der Waals surface area (Å²) in [6, 6.07) is 8.26. The molecule has 94 valence electrons. The first kappa shape index (κ1) is 12.0. The molecule has 2 aromatic rings. The van der Waals surface area contributed by atoms with Gasteiger partial charge in [0.15, 0.2) is 5.82 Å². The van der Waals surface area contributed by atoms with Crippen molar-refractivity contribution in [2.45, 2.75) is 6.92 Å². The van der Waals surface area contributed by atoms with Crippen LogP contribution in [0.2, 0.25) is 0 Å². The molecule has 1 aromatic carbocycles. The lowest BCUT2D eigenvalue weighted by atomic mass is 10.3. The molecule has 2 rings (SSSR count). The highest BCUT2D eigenvalue weighted by Gasteiger charge is 2.06. The van der Waals surface area contributed by atoms with E-state index in [9.17, 15) is 4.79 Å². The van der Waals surface area contributed by atoms with Crippen LogP contribution in [0.5, 0.6) is 5.75 Å². The number of methoxy groups -OCH3 is 1. The number of aryl methyl sites for hydroxylation is 1. The minimum Gasteiger partial charge on any atom is -0.497 e. The smallest absolute Gasteiger partial charge is 0.324 e. The lowest BCUT2D eigenvalue weighted by molar-refractivity contribution is 0.262. The summed E-state index contributed by atoms with van der Waals surface area (Å²) in [4.78, 5) is 11.6. The Hall–Kier alpha value is -2.50. The summed E-state index contributed by atoms with van der Waals surface area (Å²) in [5, 5.41) is 8.88. The second-order valence-corrected chi connectivity index (χ2v) is 3.63. The molecule has 0 aliphatic heterocycles. The van der Waals surface area contributed by atoms with E-state index in [2.05, 4.69) is 15.8 Å². The first-order valence-corrected chi connectivity index (χ1v) is 5.33. The number of aromatic nitrogens is 1. The maximum Gasteiger partial charge on any atom is 0.324 e. The molecule has 1 aromatic heterocycles. The number of carbonyl (C=O) groups excluding carboxylic acids is 1. The molecule has 0 bridgehead atoms. The second-order valence-electron chi connectivity index (χ2n) is 3.63. The van der Waals surface area contributed by atoms with Gasteiger partial charge in [0.1, 0.15) is 11.5 Å². The first-order valence-electron chi connectivity index (χ1n) is 5.33. The molecule has 0 saturated carbocycles. The third kappa shape index (κ3) is 3.00. The number of amides is 2. The summed E-state index contributed by atoms with van der Waals surface area (Å²) in [6.07, 6.45) is 0. The average molecular weight is 247 g/mol. The first-order chi connectivity index (χ1) is 8.67. The van der Waals surface area contributed by atoms with E-state index in [1.165, 1.54) is 0 Å². The van der Waals surface area contributed by atoms with Gasteiger partial charge in [-0.05, 0) is 31.2 Å². The van der Waals surface area contributed by atoms with Gasteiger partial charge >= 0.3 is 6.03 Å². The van der Waals surface area contributed by atoms with E-state index >= 15 is 0 Å². The molecular weight excluding hydrogens is 234 g/mol. The van der Waals surface area contributed by atoms with Crippen LogP contribution in [-0.2, 0) is 0 Å². The van der Waals surface area contributed by atoms with Crippen molar-refractivity contribution in [2.75, 3.05) is 17.7 Å². The van der Waals surface area contributed by atoms with Gasteiger partial charge in [0.05, 0.1) is 7.11 Å². The van der Waals surface area contributed by atoms with Crippen LogP contribution < -0.4 is 15.4 Å². The summed E-state index contributed by atoms with van der Waals surface area (Å²) in [7, 11) is 1.59. The molecular formula is C12H13N3O3. The number of ether oxygens (including phenoxy) is 1. The van der Waals surface area contributed by atoms with Crippen molar-refractivity contribution in [3.63, 3.8) is 0 Å². The predicted molar refractivity (Wildman–Crippen MR) is 66.9 cm³/mol. The van der Waals surface area contributed by atoms with Crippen molar-refractivity contribution in [3.8, 4) is 5.75 Å². The Kier molecular flexibility index (Phi) is 3.47. The molecule has 0 saturated heterocycles. The average Bonchev–Trinajstić information content (AvgIpc) is 2.75. The van der Waals surface area contributed by atoms with Crippen LogP contribution in [0.4, 0.5) is 16.3 Å². The second kappa shape index (κ2) is 5.22. The molecule has 0 radical (unpaired) electrons. The number of hydrogen-bond donors (Lipinski definition) is 2. The Morgan fingerprint density at radius 3 is 2.56 bits per heavy atom. The molecule has 6 heteroatoms. The highest BCUT2D eigenvalue weighted by Crippen LogP contribution is 2.15. The Balaban J connectivity index is 1.94. The van der Waals surface area contributed by atoms with E-state index in [4.69, 9.17) is 9.26 Å². The van der Waals surface area contributed by atoms with Gasteiger partial charge in [-0.3, -0.25) is 5.32 Å². The summed E-state index contributed by atoms with van der Waals surface area (Å²) >= 11 is 0. The molecule has 0 aliphatic rings. The lowest BCUT2D eigenvalue weighted by Gasteiger charge is -2.05. The zero-order chi connectivity index (χ0) is 13.0. The Morgan fingerprint density at radius 2 is 2.00 bits per heavy atom. The fourth-order valence-corrected chi connectivity index (χ4v) is 1.38. The maximum absolute atomic E-state index is 11.6. The van der Waals surface area contributed by atoms with E-state index in [1.54, 1.807) is 44.4 Å².